The molecule has 1 aliphatic carbocycles. The van der Waals surface area contributed by atoms with E-state index in [1.807, 2.05) is 36.4 Å². The predicted molar refractivity (Wildman–Crippen MR) is 116 cm³/mol. The largest absolute Gasteiger partial charge is 0.293 e. The van der Waals surface area contributed by atoms with Gasteiger partial charge in [0.05, 0.1) is 0 Å². The third-order valence-electron chi connectivity index (χ3n) is 6.14. The second kappa shape index (κ2) is 7.98. The summed E-state index contributed by atoms with van der Waals surface area (Å²) in [6, 6.07) is 29.0. The van der Waals surface area contributed by atoms with Crippen molar-refractivity contribution in [2.24, 2.45) is 5.41 Å². The van der Waals surface area contributed by atoms with Gasteiger partial charge in [-0.25, -0.2) is 0 Å². The van der Waals surface area contributed by atoms with Crippen LogP contribution < -0.4 is 0 Å². The lowest BCUT2D eigenvalue weighted by Crippen LogP contribution is -2.38. The molecule has 0 aromatic heterocycles. The van der Waals surface area contributed by atoms with Gasteiger partial charge in [0.1, 0.15) is 0 Å². The molecule has 3 aromatic carbocycles. The fraction of sp³-hybridized carbons (Fsp3) is 0.222. The summed E-state index contributed by atoms with van der Waals surface area (Å²) in [5.41, 5.74) is 3.92. The van der Waals surface area contributed by atoms with Gasteiger partial charge in [-0.2, -0.15) is 0 Å². The summed E-state index contributed by atoms with van der Waals surface area (Å²) < 4.78 is 0. The maximum Gasteiger partial charge on any atom is 0.170 e. The van der Waals surface area contributed by atoms with Crippen molar-refractivity contribution in [3.05, 3.63) is 120 Å². The fourth-order valence-corrected chi connectivity index (χ4v) is 4.81. The molecule has 0 N–H and O–H groups in total. The van der Waals surface area contributed by atoms with Crippen LogP contribution >= 0.6 is 0 Å². The summed E-state index contributed by atoms with van der Waals surface area (Å²) in [5, 5.41) is 0. The highest BCUT2D eigenvalue weighted by Crippen LogP contribution is 2.48. The third-order valence-corrected chi connectivity index (χ3v) is 6.14. The number of Topliss-reactive ketones (excluding diaryl/α,β-unsaturated/α-hetero) is 1. The Labute approximate surface area is 167 Å². The average molecular weight is 367 g/mol. The van der Waals surface area contributed by atoms with Crippen molar-refractivity contribution < 1.29 is 4.79 Å². The fourth-order valence-electron chi connectivity index (χ4n) is 4.81. The molecule has 3 aromatic rings. The number of ketones is 1. The number of fused-ring (bicyclic) bond motifs is 1. The van der Waals surface area contributed by atoms with Crippen LogP contribution in [0.15, 0.2) is 97.6 Å². The van der Waals surface area contributed by atoms with Crippen molar-refractivity contribution in [1.82, 2.24) is 0 Å². The highest BCUT2D eigenvalue weighted by atomic mass is 16.1. The Morgan fingerprint density at radius 2 is 1.54 bits per heavy atom. The molecular weight excluding hydrogens is 340 g/mol. The molecule has 4 rings (SSSR count). The summed E-state index contributed by atoms with van der Waals surface area (Å²) in [4.78, 5) is 14.1. The Kier molecular flexibility index (Phi) is 5.25. The van der Waals surface area contributed by atoms with Crippen LogP contribution in [0.5, 0.6) is 0 Å². The first-order valence-electron chi connectivity index (χ1n) is 10.1. The van der Waals surface area contributed by atoms with E-state index in [1.54, 1.807) is 0 Å². The molecule has 2 atom stereocenters. The number of allylic oxidation sites excluding steroid dienone is 1. The minimum Gasteiger partial charge on any atom is -0.293 e. The number of rotatable bonds is 5. The molecule has 0 saturated heterocycles. The molecule has 0 aliphatic heterocycles. The van der Waals surface area contributed by atoms with Crippen LogP contribution in [0.1, 0.15) is 45.8 Å². The second-order valence-corrected chi connectivity index (χ2v) is 7.78. The van der Waals surface area contributed by atoms with E-state index in [-0.39, 0.29) is 11.7 Å². The first-order valence-corrected chi connectivity index (χ1v) is 10.1. The number of aryl methyl sites for hydroxylation is 1. The van der Waals surface area contributed by atoms with Gasteiger partial charge < -0.3 is 0 Å². The molecule has 0 spiro atoms. The van der Waals surface area contributed by atoms with E-state index in [0.717, 1.165) is 31.2 Å². The Bertz CT molecular complexity index is 958. The lowest BCUT2D eigenvalue weighted by Gasteiger charge is -2.38. The van der Waals surface area contributed by atoms with Gasteiger partial charge in [-0.15, -0.1) is 6.58 Å². The zero-order valence-corrected chi connectivity index (χ0v) is 16.2. The van der Waals surface area contributed by atoms with Crippen molar-refractivity contribution in [3.8, 4) is 0 Å². The van der Waals surface area contributed by atoms with Crippen LogP contribution in [0.2, 0.25) is 0 Å². The Morgan fingerprint density at radius 1 is 0.893 bits per heavy atom. The van der Waals surface area contributed by atoms with E-state index in [4.69, 9.17) is 0 Å². The van der Waals surface area contributed by atoms with Crippen LogP contribution in [0.4, 0.5) is 0 Å². The molecule has 0 bridgehead atoms. The summed E-state index contributed by atoms with van der Waals surface area (Å²) in [6.07, 6.45) is 5.54. The first-order chi connectivity index (χ1) is 13.7. The van der Waals surface area contributed by atoms with Crippen LogP contribution in [0, 0.1) is 5.41 Å². The molecule has 140 valence electrons. The van der Waals surface area contributed by atoms with Gasteiger partial charge in [0.2, 0.25) is 0 Å². The molecule has 28 heavy (non-hydrogen) atoms. The van der Waals surface area contributed by atoms with Crippen LogP contribution in [0.25, 0.3) is 0 Å². The average Bonchev–Trinajstić information content (AvgIpc) is 2.88. The van der Waals surface area contributed by atoms with E-state index < -0.39 is 5.41 Å². The summed E-state index contributed by atoms with van der Waals surface area (Å²) in [6.45, 7) is 4.17. The van der Waals surface area contributed by atoms with E-state index >= 15 is 0 Å². The molecule has 0 radical (unpaired) electrons. The van der Waals surface area contributed by atoms with Crippen LogP contribution in [0.3, 0.4) is 0 Å². The van der Waals surface area contributed by atoms with Crippen LogP contribution in [-0.4, -0.2) is 5.78 Å². The maximum absolute atomic E-state index is 14.1. The van der Waals surface area contributed by atoms with Crippen LogP contribution in [-0.2, 0) is 12.8 Å². The molecule has 0 saturated carbocycles. The summed E-state index contributed by atoms with van der Waals surface area (Å²) in [7, 11) is 0. The van der Waals surface area contributed by atoms with Crippen molar-refractivity contribution >= 4 is 5.78 Å². The van der Waals surface area contributed by atoms with Crippen molar-refractivity contribution in [2.45, 2.75) is 31.6 Å². The second-order valence-electron chi connectivity index (χ2n) is 7.78. The molecule has 1 heteroatoms. The number of carbonyl (C=O) groups excluding carboxylic acids is 1. The molecule has 0 amide bonds. The molecule has 1 aliphatic rings. The molecule has 1 nitrogen and oxygen atoms in total. The van der Waals surface area contributed by atoms with E-state index in [2.05, 4.69) is 61.2 Å². The zero-order chi connectivity index (χ0) is 19.4. The van der Waals surface area contributed by atoms with Crippen molar-refractivity contribution in [3.63, 3.8) is 0 Å². The molecule has 0 heterocycles. The molecule has 0 unspecified atom stereocenters. The topological polar surface area (TPSA) is 17.1 Å². The monoisotopic (exact) mass is 366 g/mol. The standard InChI is InChI=1S/C27H26O/c1-2-25(23-15-7-4-8-16-23)27(20-21-12-5-3-6-13-21)19-11-17-22-14-9-10-18-24(22)26(27)28/h2-10,12-16,18,25H,1,11,17,19-20H2/t25-,27-/m1/s1. The smallest absolute Gasteiger partial charge is 0.170 e. The summed E-state index contributed by atoms with van der Waals surface area (Å²) in [5.74, 6) is 0.241. The Morgan fingerprint density at radius 3 is 2.25 bits per heavy atom. The number of benzene rings is 3. The SMILES string of the molecule is C=C[C@H](c1ccccc1)[C@]1(Cc2ccccc2)CCCc2ccccc2C1=O. The zero-order valence-electron chi connectivity index (χ0n) is 16.2. The lowest BCUT2D eigenvalue weighted by molar-refractivity contribution is 0.0748. The summed E-state index contributed by atoms with van der Waals surface area (Å²) >= 11 is 0. The van der Waals surface area contributed by atoms with Crippen molar-refractivity contribution in [2.75, 3.05) is 0 Å². The molecular formula is C27H26O. The van der Waals surface area contributed by atoms with E-state index in [9.17, 15) is 4.79 Å². The predicted octanol–water partition coefficient (Wildman–Crippen LogP) is 6.40. The van der Waals surface area contributed by atoms with Gasteiger partial charge in [0.15, 0.2) is 5.78 Å². The third kappa shape index (κ3) is 3.33. The normalized spacial score (nSPS) is 20.1. The van der Waals surface area contributed by atoms with Gasteiger partial charge in [0, 0.05) is 16.9 Å². The Balaban J connectivity index is 1.88. The lowest BCUT2D eigenvalue weighted by atomic mass is 9.63. The van der Waals surface area contributed by atoms with Crippen molar-refractivity contribution in [1.29, 1.82) is 0 Å². The minimum absolute atomic E-state index is 0.0208. The van der Waals surface area contributed by atoms with Gasteiger partial charge in [-0.1, -0.05) is 91.0 Å². The van der Waals surface area contributed by atoms with Gasteiger partial charge in [-0.3, -0.25) is 4.79 Å². The molecule has 0 fully saturated rings. The first kappa shape index (κ1) is 18.4. The van der Waals surface area contributed by atoms with Gasteiger partial charge >= 0.3 is 0 Å². The minimum atomic E-state index is -0.517. The Hall–Kier alpha value is -2.93. The number of hydrogen-bond donors (Lipinski definition) is 0. The van der Waals surface area contributed by atoms with Gasteiger partial charge in [0.25, 0.3) is 0 Å². The number of hydrogen-bond acceptors (Lipinski definition) is 1. The van der Waals surface area contributed by atoms with E-state index in [0.29, 0.717) is 0 Å². The highest BCUT2D eigenvalue weighted by Gasteiger charge is 2.46. The number of carbonyl (C=O) groups is 1. The highest BCUT2D eigenvalue weighted by molar-refractivity contribution is 6.03. The quantitative estimate of drug-likeness (QED) is 0.377. The van der Waals surface area contributed by atoms with Gasteiger partial charge in [-0.05, 0) is 42.4 Å². The maximum atomic E-state index is 14.1. The van der Waals surface area contributed by atoms with E-state index in [1.165, 1.54) is 16.7 Å².